The fourth-order valence-electron chi connectivity index (χ4n) is 2.37. The number of halogens is 1. The summed E-state index contributed by atoms with van der Waals surface area (Å²) in [6, 6.07) is 17.6. The molecular weight excluding hydrogens is 365 g/mol. The monoisotopic (exact) mass is 383 g/mol. The first-order valence-electron chi connectivity index (χ1n) is 8.16. The van der Waals surface area contributed by atoms with E-state index in [-0.39, 0.29) is 11.4 Å². The molecule has 138 valence electrons. The summed E-state index contributed by atoms with van der Waals surface area (Å²) >= 11 is 1.67. The Morgan fingerprint density at radius 1 is 1.07 bits per heavy atom. The molecule has 0 unspecified atom stereocenters. The number of thioether (sulfide) groups is 1. The van der Waals surface area contributed by atoms with E-state index in [0.717, 1.165) is 17.4 Å². The van der Waals surface area contributed by atoms with Gasteiger partial charge in [0.25, 0.3) is 5.91 Å². The van der Waals surface area contributed by atoms with Crippen molar-refractivity contribution < 1.29 is 13.9 Å². The Labute approximate surface area is 160 Å². The molecule has 1 heterocycles. The van der Waals surface area contributed by atoms with Gasteiger partial charge < -0.3 is 15.8 Å². The summed E-state index contributed by atoms with van der Waals surface area (Å²) in [5.74, 6) is 0.197. The van der Waals surface area contributed by atoms with Gasteiger partial charge >= 0.3 is 0 Å². The molecule has 0 bridgehead atoms. The Morgan fingerprint density at radius 2 is 1.70 bits per heavy atom. The van der Waals surface area contributed by atoms with Crippen LogP contribution in [-0.2, 0) is 6.54 Å². The van der Waals surface area contributed by atoms with Gasteiger partial charge in [-0.15, -0.1) is 11.8 Å². The van der Waals surface area contributed by atoms with Crippen LogP contribution in [0.1, 0.15) is 15.9 Å². The van der Waals surface area contributed by atoms with Gasteiger partial charge in [-0.25, -0.2) is 4.98 Å². The molecule has 0 saturated carbocycles. The van der Waals surface area contributed by atoms with Crippen molar-refractivity contribution in [2.24, 2.45) is 0 Å². The second-order valence-electron chi connectivity index (χ2n) is 5.67. The number of amides is 1. The first kappa shape index (κ1) is 18.7. The van der Waals surface area contributed by atoms with Crippen molar-refractivity contribution in [3.63, 3.8) is 0 Å². The third-order valence-corrected chi connectivity index (χ3v) is 4.55. The highest BCUT2D eigenvalue weighted by Crippen LogP contribution is 2.24. The highest BCUT2D eigenvalue weighted by Gasteiger charge is 2.11. The van der Waals surface area contributed by atoms with Crippen molar-refractivity contribution >= 4 is 23.5 Å². The summed E-state index contributed by atoms with van der Waals surface area (Å²) < 4.78 is 18.8. The summed E-state index contributed by atoms with van der Waals surface area (Å²) in [5, 5.41) is 2.73. The Hall–Kier alpha value is -3.06. The topological polar surface area (TPSA) is 77.2 Å². The molecule has 2 aromatic carbocycles. The van der Waals surface area contributed by atoms with E-state index in [1.54, 1.807) is 11.8 Å². The number of carbonyl (C=O) groups is 1. The van der Waals surface area contributed by atoms with Crippen LogP contribution in [0.4, 0.5) is 10.2 Å². The molecule has 0 radical (unpaired) electrons. The lowest BCUT2D eigenvalue weighted by molar-refractivity contribution is 0.0951. The van der Waals surface area contributed by atoms with Gasteiger partial charge in [0, 0.05) is 11.4 Å². The zero-order chi connectivity index (χ0) is 19.2. The minimum Gasteiger partial charge on any atom is -0.457 e. The number of pyridine rings is 1. The number of carbonyl (C=O) groups excluding carboxylic acids is 1. The smallest absolute Gasteiger partial charge is 0.255 e. The van der Waals surface area contributed by atoms with Crippen molar-refractivity contribution in [2.75, 3.05) is 12.0 Å². The fourth-order valence-corrected chi connectivity index (χ4v) is 2.78. The summed E-state index contributed by atoms with van der Waals surface area (Å²) in [5.41, 5.74) is 6.61. The minimum atomic E-state index is -0.720. The molecule has 5 nitrogen and oxygen atoms in total. The molecule has 0 fully saturated rings. The van der Waals surface area contributed by atoms with Crippen LogP contribution < -0.4 is 15.8 Å². The van der Waals surface area contributed by atoms with Crippen LogP contribution in [0.15, 0.2) is 65.6 Å². The van der Waals surface area contributed by atoms with Crippen LogP contribution in [0.2, 0.25) is 0 Å². The summed E-state index contributed by atoms with van der Waals surface area (Å²) in [4.78, 5) is 16.7. The molecule has 0 aliphatic heterocycles. The summed E-state index contributed by atoms with van der Waals surface area (Å²) in [6.45, 7) is 0.304. The number of nitrogens with one attached hydrogen (secondary N) is 1. The zero-order valence-corrected chi connectivity index (χ0v) is 15.4. The van der Waals surface area contributed by atoms with Crippen LogP contribution in [0.25, 0.3) is 0 Å². The van der Waals surface area contributed by atoms with Gasteiger partial charge in [0.1, 0.15) is 17.3 Å². The van der Waals surface area contributed by atoms with Gasteiger partial charge in [0.2, 0.25) is 5.95 Å². The largest absolute Gasteiger partial charge is 0.457 e. The van der Waals surface area contributed by atoms with Crippen molar-refractivity contribution in [1.29, 1.82) is 0 Å². The number of hydrogen-bond acceptors (Lipinski definition) is 5. The molecule has 7 heteroatoms. The van der Waals surface area contributed by atoms with E-state index in [2.05, 4.69) is 10.3 Å². The van der Waals surface area contributed by atoms with Gasteiger partial charge in [0.15, 0.2) is 0 Å². The van der Waals surface area contributed by atoms with E-state index in [4.69, 9.17) is 10.5 Å². The van der Waals surface area contributed by atoms with E-state index >= 15 is 0 Å². The molecule has 0 aliphatic rings. The minimum absolute atomic E-state index is 0.135. The van der Waals surface area contributed by atoms with E-state index in [1.807, 2.05) is 54.8 Å². The van der Waals surface area contributed by atoms with Gasteiger partial charge in [-0.05, 0) is 60.4 Å². The summed E-state index contributed by atoms with van der Waals surface area (Å²) in [7, 11) is 0. The fraction of sp³-hybridized carbons (Fsp3) is 0.100. The van der Waals surface area contributed by atoms with Gasteiger partial charge in [0.05, 0.1) is 5.56 Å². The summed E-state index contributed by atoms with van der Waals surface area (Å²) in [6.07, 6.45) is 2.02. The Bertz CT molecular complexity index is 931. The van der Waals surface area contributed by atoms with Crippen LogP contribution in [0, 0.1) is 5.95 Å². The molecule has 3 N–H and O–H groups in total. The SMILES string of the molecule is CSc1ccc(Oc2ccc(CNC(=O)c3ccc(F)nc3N)cc2)cc1. The molecule has 0 atom stereocenters. The number of anilines is 1. The number of nitrogens with two attached hydrogens (primary N) is 1. The second-order valence-corrected chi connectivity index (χ2v) is 6.55. The lowest BCUT2D eigenvalue weighted by atomic mass is 10.2. The average Bonchev–Trinajstić information content (AvgIpc) is 2.68. The maximum Gasteiger partial charge on any atom is 0.255 e. The maximum atomic E-state index is 13.0. The van der Waals surface area contributed by atoms with Crippen molar-refractivity contribution in [3.8, 4) is 11.5 Å². The Kier molecular flexibility index (Phi) is 5.93. The highest BCUT2D eigenvalue weighted by molar-refractivity contribution is 7.98. The molecule has 3 aromatic rings. The van der Waals surface area contributed by atoms with Gasteiger partial charge in [-0.3, -0.25) is 4.79 Å². The van der Waals surface area contributed by atoms with Crippen LogP contribution in [0.3, 0.4) is 0 Å². The van der Waals surface area contributed by atoms with Crippen molar-refractivity contribution in [3.05, 3.63) is 77.7 Å². The zero-order valence-electron chi connectivity index (χ0n) is 14.6. The number of nitrogens with zero attached hydrogens (tertiary/aromatic N) is 1. The number of nitrogen functional groups attached to an aromatic ring is 1. The molecule has 0 saturated heterocycles. The Balaban J connectivity index is 1.57. The Morgan fingerprint density at radius 3 is 2.30 bits per heavy atom. The number of rotatable bonds is 6. The number of hydrogen-bond donors (Lipinski definition) is 2. The number of benzene rings is 2. The van der Waals surface area contributed by atoms with Gasteiger partial charge in [-0.2, -0.15) is 4.39 Å². The normalized spacial score (nSPS) is 10.4. The molecule has 1 aromatic heterocycles. The van der Waals surface area contributed by atoms with E-state index < -0.39 is 11.9 Å². The molecule has 0 spiro atoms. The predicted molar refractivity (Wildman–Crippen MR) is 105 cm³/mol. The maximum absolute atomic E-state index is 13.0. The lowest BCUT2D eigenvalue weighted by Crippen LogP contribution is -2.24. The van der Waals surface area contributed by atoms with Crippen molar-refractivity contribution in [2.45, 2.75) is 11.4 Å². The standard InChI is InChI=1S/C20H18FN3O2S/c1-27-16-8-6-15(7-9-16)26-14-4-2-13(3-5-14)12-23-20(25)17-10-11-18(21)24-19(17)22/h2-11H,12H2,1H3,(H2,22,24)(H,23,25). The molecule has 0 aliphatic carbocycles. The first-order chi connectivity index (χ1) is 13.0. The quantitative estimate of drug-likeness (QED) is 0.492. The highest BCUT2D eigenvalue weighted by atomic mass is 32.2. The second kappa shape index (κ2) is 8.55. The van der Waals surface area contributed by atoms with E-state index in [0.29, 0.717) is 12.3 Å². The van der Waals surface area contributed by atoms with Gasteiger partial charge in [-0.1, -0.05) is 12.1 Å². The lowest BCUT2D eigenvalue weighted by Gasteiger charge is -2.09. The van der Waals surface area contributed by atoms with Crippen LogP contribution in [-0.4, -0.2) is 17.1 Å². The van der Waals surface area contributed by atoms with E-state index in [1.165, 1.54) is 11.0 Å². The average molecular weight is 383 g/mol. The van der Waals surface area contributed by atoms with Crippen LogP contribution in [0.5, 0.6) is 11.5 Å². The third kappa shape index (κ3) is 4.98. The van der Waals surface area contributed by atoms with Crippen LogP contribution >= 0.6 is 11.8 Å². The molecule has 1 amide bonds. The van der Waals surface area contributed by atoms with Crippen molar-refractivity contribution in [1.82, 2.24) is 10.3 Å². The molecule has 3 rings (SSSR count). The number of ether oxygens (including phenoxy) is 1. The third-order valence-electron chi connectivity index (χ3n) is 3.81. The first-order valence-corrected chi connectivity index (χ1v) is 9.38. The number of aromatic nitrogens is 1. The molecular formula is C20H18FN3O2S. The predicted octanol–water partition coefficient (Wildman–Crippen LogP) is 4.25. The molecule has 27 heavy (non-hydrogen) atoms. The van der Waals surface area contributed by atoms with E-state index in [9.17, 15) is 9.18 Å².